The molecule has 0 N–H and O–H groups in total. The molecule has 0 saturated heterocycles. The van der Waals surface area contributed by atoms with E-state index in [2.05, 4.69) is 179 Å². The number of para-hydroxylation sites is 5. The third kappa shape index (κ3) is 5.00. The van der Waals surface area contributed by atoms with E-state index in [0.717, 1.165) is 72.8 Å². The first-order valence-electron chi connectivity index (χ1n) is 20.6. The van der Waals surface area contributed by atoms with Crippen LogP contribution in [0.4, 0.5) is 0 Å². The van der Waals surface area contributed by atoms with Crippen LogP contribution in [-0.4, -0.2) is 9.13 Å². The van der Waals surface area contributed by atoms with Crippen molar-refractivity contribution in [2.24, 2.45) is 0 Å². The number of nitrogens with zero attached hydrogens (tertiary/aromatic N) is 3. The number of hydrogen-bond acceptors (Lipinski definition) is 3. The van der Waals surface area contributed by atoms with Gasteiger partial charge in [-0.25, -0.2) is 0 Å². The van der Waals surface area contributed by atoms with Crippen molar-refractivity contribution in [3.05, 3.63) is 205 Å². The van der Waals surface area contributed by atoms with Crippen molar-refractivity contribution in [1.82, 2.24) is 9.13 Å². The van der Waals surface area contributed by atoms with Gasteiger partial charge in [0.1, 0.15) is 22.3 Å². The third-order valence-corrected chi connectivity index (χ3v) is 12.6. The molecule has 13 aromatic rings. The normalized spacial score (nSPS) is 12.0. The van der Waals surface area contributed by atoms with Crippen LogP contribution in [-0.2, 0) is 6.42 Å². The monoisotopic (exact) mass is 779 g/mol. The van der Waals surface area contributed by atoms with E-state index in [9.17, 15) is 5.26 Å². The fourth-order valence-corrected chi connectivity index (χ4v) is 9.83. The summed E-state index contributed by atoms with van der Waals surface area (Å²) in [6.07, 6.45) is 0.793. The summed E-state index contributed by atoms with van der Waals surface area (Å²) in [5.74, 6) is 0. The first-order valence-corrected chi connectivity index (χ1v) is 20.6. The van der Waals surface area contributed by atoms with Gasteiger partial charge < -0.3 is 18.0 Å². The molecule has 0 aliphatic carbocycles. The Morgan fingerprint density at radius 2 is 0.869 bits per heavy atom. The van der Waals surface area contributed by atoms with Crippen LogP contribution in [0, 0.1) is 11.3 Å². The maximum atomic E-state index is 9.52. The molecule has 5 nitrogen and oxygen atoms in total. The van der Waals surface area contributed by atoms with E-state index in [1.54, 1.807) is 6.07 Å². The molecule has 0 saturated carbocycles. The highest BCUT2D eigenvalue weighted by atomic mass is 16.3. The molecule has 0 aliphatic heterocycles. The molecular formula is C56H33N3O2. The van der Waals surface area contributed by atoms with Gasteiger partial charge >= 0.3 is 0 Å². The number of rotatable bonds is 5. The summed E-state index contributed by atoms with van der Waals surface area (Å²) in [6.45, 7) is 0. The predicted octanol–water partition coefficient (Wildman–Crippen LogP) is 14.8. The Hall–Kier alpha value is -8.33. The van der Waals surface area contributed by atoms with Gasteiger partial charge in [0.25, 0.3) is 0 Å². The summed E-state index contributed by atoms with van der Waals surface area (Å²) in [5.41, 5.74) is 15.3. The Kier molecular flexibility index (Phi) is 7.07. The molecule has 0 aliphatic rings. The van der Waals surface area contributed by atoms with Gasteiger partial charge in [-0.15, -0.1) is 0 Å². The summed E-state index contributed by atoms with van der Waals surface area (Å²) in [6, 6.07) is 68.9. The zero-order valence-electron chi connectivity index (χ0n) is 32.8. The first kappa shape index (κ1) is 33.6. The minimum atomic E-state index is 0.612. The van der Waals surface area contributed by atoms with Crippen LogP contribution < -0.4 is 0 Å². The maximum Gasteiger partial charge on any atom is 0.143 e. The van der Waals surface area contributed by atoms with Crippen molar-refractivity contribution in [3.63, 3.8) is 0 Å². The van der Waals surface area contributed by atoms with Crippen molar-refractivity contribution < 1.29 is 8.83 Å². The van der Waals surface area contributed by atoms with Gasteiger partial charge in [-0.05, 0) is 96.4 Å². The van der Waals surface area contributed by atoms with Gasteiger partial charge in [-0.3, -0.25) is 0 Å². The topological polar surface area (TPSA) is 59.9 Å². The maximum absolute atomic E-state index is 9.52. The molecule has 4 aromatic heterocycles. The summed E-state index contributed by atoms with van der Waals surface area (Å²) in [7, 11) is 0. The second-order valence-corrected chi connectivity index (χ2v) is 16.0. The second kappa shape index (κ2) is 12.8. The molecule has 5 heteroatoms. The lowest BCUT2D eigenvalue weighted by molar-refractivity contribution is 0.665. The van der Waals surface area contributed by atoms with Crippen molar-refractivity contribution in [3.8, 4) is 28.6 Å². The van der Waals surface area contributed by atoms with E-state index in [0.29, 0.717) is 5.56 Å². The lowest BCUT2D eigenvalue weighted by Crippen LogP contribution is -1.96. The Morgan fingerprint density at radius 3 is 1.49 bits per heavy atom. The highest BCUT2D eigenvalue weighted by Crippen LogP contribution is 2.42. The molecule has 0 unspecified atom stereocenters. The highest BCUT2D eigenvalue weighted by Gasteiger charge is 2.19. The van der Waals surface area contributed by atoms with Gasteiger partial charge in [-0.2, -0.15) is 5.26 Å². The van der Waals surface area contributed by atoms with Crippen LogP contribution in [0.2, 0.25) is 0 Å². The molecule has 0 amide bonds. The number of hydrogen-bond donors (Lipinski definition) is 0. The van der Waals surface area contributed by atoms with Gasteiger partial charge in [0.2, 0.25) is 0 Å². The average Bonchev–Trinajstić information content (AvgIpc) is 4.06. The van der Waals surface area contributed by atoms with Crippen molar-refractivity contribution in [1.29, 1.82) is 5.26 Å². The Balaban J connectivity index is 0.854. The van der Waals surface area contributed by atoms with E-state index in [1.807, 2.05) is 18.2 Å². The van der Waals surface area contributed by atoms with E-state index in [4.69, 9.17) is 8.83 Å². The number of furan rings is 2. The molecule has 13 rings (SSSR count). The van der Waals surface area contributed by atoms with Gasteiger partial charge in [0.15, 0.2) is 0 Å². The average molecular weight is 780 g/mol. The van der Waals surface area contributed by atoms with Gasteiger partial charge in [0.05, 0.1) is 33.7 Å². The van der Waals surface area contributed by atoms with E-state index >= 15 is 0 Å². The van der Waals surface area contributed by atoms with E-state index in [1.165, 1.54) is 54.7 Å². The largest absolute Gasteiger partial charge is 0.455 e. The number of fused-ring (bicyclic) bond motifs is 12. The Bertz CT molecular complexity index is 3930. The molecule has 0 fully saturated rings. The van der Waals surface area contributed by atoms with Crippen LogP contribution in [0.25, 0.3) is 110 Å². The fraction of sp³-hybridized carbons (Fsp3) is 0.0179. The van der Waals surface area contributed by atoms with Crippen LogP contribution in [0.1, 0.15) is 16.7 Å². The van der Waals surface area contributed by atoms with Crippen LogP contribution in [0.15, 0.2) is 197 Å². The van der Waals surface area contributed by atoms with Gasteiger partial charge in [-0.1, -0.05) is 109 Å². The van der Waals surface area contributed by atoms with Crippen molar-refractivity contribution in [2.45, 2.75) is 6.42 Å². The Labute approximate surface area is 349 Å². The molecule has 0 radical (unpaired) electrons. The molecule has 0 spiro atoms. The second-order valence-electron chi connectivity index (χ2n) is 16.0. The van der Waals surface area contributed by atoms with Crippen LogP contribution in [0.5, 0.6) is 0 Å². The summed E-state index contributed by atoms with van der Waals surface area (Å²) in [4.78, 5) is 0. The van der Waals surface area contributed by atoms with Crippen molar-refractivity contribution in [2.75, 3.05) is 0 Å². The van der Waals surface area contributed by atoms with Crippen LogP contribution >= 0.6 is 0 Å². The third-order valence-electron chi connectivity index (χ3n) is 12.6. The van der Waals surface area contributed by atoms with Crippen molar-refractivity contribution >= 4 is 87.5 Å². The first-order chi connectivity index (χ1) is 30.2. The molecule has 284 valence electrons. The van der Waals surface area contributed by atoms with Crippen LogP contribution in [0.3, 0.4) is 0 Å². The number of aromatic nitrogens is 2. The minimum absolute atomic E-state index is 0.612. The predicted molar refractivity (Wildman–Crippen MR) is 249 cm³/mol. The summed E-state index contributed by atoms with van der Waals surface area (Å²) in [5, 5.41) is 18.6. The molecule has 9 aromatic carbocycles. The van der Waals surface area contributed by atoms with E-state index < -0.39 is 0 Å². The van der Waals surface area contributed by atoms with Gasteiger partial charge in [0, 0.05) is 65.6 Å². The fourth-order valence-electron chi connectivity index (χ4n) is 9.83. The number of benzene rings is 9. The summed E-state index contributed by atoms with van der Waals surface area (Å²) >= 11 is 0. The SMILES string of the molecule is N#Cc1ccc2oc3c(-c4cccc5c4oc4ccc(Cc6ccc(-n7c8ccccc8c8cc(-n9c%10ccccc%10c%10ccccc%109)ccc87)cc6)cc45)cccc3c2c1. The zero-order valence-corrected chi connectivity index (χ0v) is 32.8. The molecule has 0 atom stereocenters. The summed E-state index contributed by atoms with van der Waals surface area (Å²) < 4.78 is 17.8. The zero-order chi connectivity index (χ0) is 40.2. The standard InChI is InChI=1S/C56H33N3O2/c57-33-36-22-28-54-48(31-36)45-15-8-13-43(56(45)61-54)42-12-7-14-44-47-30-35(21-27-53(47)60-55(42)44)29-34-19-23-37(24-20-34)58-51-18-6-3-11-41(51)46-32-38(25-26-52(46)58)59-49-16-4-1-9-39(49)40-10-2-5-17-50(40)59/h1-28,30-32H,29H2. The number of nitriles is 1. The molecule has 4 heterocycles. The minimum Gasteiger partial charge on any atom is -0.455 e. The highest BCUT2D eigenvalue weighted by molar-refractivity contribution is 6.16. The molecule has 0 bridgehead atoms. The molecular weight excluding hydrogens is 747 g/mol. The quantitative estimate of drug-likeness (QED) is 0.175. The van der Waals surface area contributed by atoms with E-state index in [-0.39, 0.29) is 0 Å². The lowest BCUT2D eigenvalue weighted by atomic mass is 9.98. The molecule has 61 heavy (non-hydrogen) atoms. The smallest absolute Gasteiger partial charge is 0.143 e. The lowest BCUT2D eigenvalue weighted by Gasteiger charge is -2.11. The Morgan fingerprint density at radius 1 is 0.377 bits per heavy atom.